The van der Waals surface area contributed by atoms with Crippen molar-refractivity contribution in [2.75, 3.05) is 30.8 Å². The van der Waals surface area contributed by atoms with Gasteiger partial charge in [0.2, 0.25) is 11.6 Å². The lowest BCUT2D eigenvalue weighted by atomic mass is 10.1. The number of nitrogen functional groups attached to an aromatic ring is 1. The zero-order valence-electron chi connectivity index (χ0n) is 12.3. The molecule has 0 unspecified atom stereocenters. The molecule has 0 aliphatic carbocycles. The minimum atomic E-state index is -2.63. The van der Waals surface area contributed by atoms with Gasteiger partial charge in [-0.1, -0.05) is 4.68 Å². The number of halogens is 2. The van der Waals surface area contributed by atoms with Crippen LogP contribution in [0, 0.1) is 6.92 Å². The van der Waals surface area contributed by atoms with E-state index in [9.17, 15) is 8.78 Å². The second kappa shape index (κ2) is 5.48. The lowest BCUT2D eigenvalue weighted by molar-refractivity contribution is -0.823. The highest BCUT2D eigenvalue weighted by atomic mass is 19.3. The van der Waals surface area contributed by atoms with Crippen molar-refractivity contribution < 1.29 is 13.5 Å². The number of rotatable bonds is 4. The summed E-state index contributed by atoms with van der Waals surface area (Å²) in [6.07, 6.45) is 1.50. The van der Waals surface area contributed by atoms with Gasteiger partial charge in [-0.3, -0.25) is 0 Å². The van der Waals surface area contributed by atoms with Gasteiger partial charge in [-0.2, -0.15) is 10.1 Å². The van der Waals surface area contributed by atoms with Crippen molar-refractivity contribution in [2.45, 2.75) is 19.5 Å². The molecule has 1 aliphatic rings. The van der Waals surface area contributed by atoms with Crippen molar-refractivity contribution in [1.29, 1.82) is 0 Å². The molecule has 2 aromatic rings. The highest BCUT2D eigenvalue weighted by Crippen LogP contribution is 2.26. The zero-order valence-corrected chi connectivity index (χ0v) is 12.3. The molecule has 0 radical (unpaired) electrons. The molecular formula is C13H18F2N7+. The second-order valence-electron chi connectivity index (χ2n) is 5.28. The molecule has 3 heterocycles. The smallest absolute Gasteiger partial charge is 0.368 e. The number of alkyl halides is 2. The van der Waals surface area contributed by atoms with Gasteiger partial charge in [-0.25, -0.2) is 4.98 Å². The predicted molar refractivity (Wildman–Crippen MR) is 77.5 cm³/mol. The maximum absolute atomic E-state index is 12.8. The fourth-order valence-corrected chi connectivity index (χ4v) is 2.53. The predicted octanol–water partition coefficient (Wildman–Crippen LogP) is 0.453. The van der Waals surface area contributed by atoms with Crippen LogP contribution in [0.3, 0.4) is 0 Å². The van der Waals surface area contributed by atoms with E-state index in [1.165, 1.54) is 6.20 Å². The first-order valence-corrected chi connectivity index (χ1v) is 6.94. The largest absolute Gasteiger partial charge is 0.472 e. The van der Waals surface area contributed by atoms with Crippen LogP contribution in [0.15, 0.2) is 12.3 Å². The summed E-state index contributed by atoms with van der Waals surface area (Å²) in [6.45, 7) is 0.640. The fraction of sp³-hybridized carbons (Fsp3) is 0.462. The van der Waals surface area contributed by atoms with Gasteiger partial charge in [0.25, 0.3) is 0 Å². The van der Waals surface area contributed by atoms with E-state index >= 15 is 0 Å². The molecule has 2 aromatic heterocycles. The Morgan fingerprint density at radius 3 is 2.77 bits per heavy atom. The Bertz CT molecular complexity index is 679. The van der Waals surface area contributed by atoms with Gasteiger partial charge >= 0.3 is 6.55 Å². The van der Waals surface area contributed by atoms with Crippen LogP contribution in [0.4, 0.5) is 20.5 Å². The average molecular weight is 310 g/mol. The summed E-state index contributed by atoms with van der Waals surface area (Å²) in [7, 11) is 1.91. The molecule has 0 bridgehead atoms. The van der Waals surface area contributed by atoms with Crippen LogP contribution in [0.5, 0.6) is 0 Å². The van der Waals surface area contributed by atoms with Gasteiger partial charge in [-0.15, -0.1) is 8.78 Å². The van der Waals surface area contributed by atoms with Gasteiger partial charge in [0, 0.05) is 32.1 Å². The van der Waals surface area contributed by atoms with E-state index in [0.29, 0.717) is 28.8 Å². The summed E-state index contributed by atoms with van der Waals surface area (Å²) in [5, 5.41) is 5.71. The molecule has 7 nitrogen and oxygen atoms in total. The van der Waals surface area contributed by atoms with Crippen molar-refractivity contribution in [3.63, 3.8) is 0 Å². The molecule has 9 heteroatoms. The molecule has 22 heavy (non-hydrogen) atoms. The standard InChI is InChI=1S/C13H17F2N7/c1-7-9(4-18-22(7)12(14)15)10-3-11(20-13(16)19-10)21-5-8(6-21)17-2/h3-4,8,12,17H,5-6H2,1-2H3,(H2,16,19,20)/p+1. The summed E-state index contributed by atoms with van der Waals surface area (Å²) in [5.41, 5.74) is 7.28. The number of aromatic nitrogens is 4. The Kier molecular flexibility index (Phi) is 3.65. The fourth-order valence-electron chi connectivity index (χ4n) is 2.53. The Morgan fingerprint density at radius 1 is 1.45 bits per heavy atom. The van der Waals surface area contributed by atoms with Crippen molar-refractivity contribution in [3.8, 4) is 11.3 Å². The number of nitrogens with two attached hydrogens (primary N) is 1. The molecule has 0 aromatic carbocycles. The Hall–Kier alpha value is -2.29. The highest BCUT2D eigenvalue weighted by molar-refractivity contribution is 5.65. The van der Waals surface area contributed by atoms with Crippen LogP contribution in [-0.2, 0) is 0 Å². The van der Waals surface area contributed by atoms with Crippen molar-refractivity contribution in [3.05, 3.63) is 18.0 Å². The van der Waals surface area contributed by atoms with Gasteiger partial charge in [0.1, 0.15) is 5.82 Å². The monoisotopic (exact) mass is 310 g/mol. The van der Waals surface area contributed by atoms with Crippen LogP contribution in [0.25, 0.3) is 11.3 Å². The average Bonchev–Trinajstić information content (AvgIpc) is 2.79. The molecule has 0 amide bonds. The third-order valence-corrected chi connectivity index (χ3v) is 3.91. The summed E-state index contributed by atoms with van der Waals surface area (Å²) >= 11 is 0. The molecule has 0 spiro atoms. The number of nitrogens with zero attached hydrogens (tertiary/aromatic N) is 4. The number of likely N-dealkylation sites (N-methyl/N-ethyl adjacent to an activating group) is 1. The summed E-state index contributed by atoms with van der Waals surface area (Å²) < 4.78 is 26.5. The first-order chi connectivity index (χ1) is 10.5. The maximum atomic E-state index is 12.8. The van der Waals surface area contributed by atoms with E-state index in [2.05, 4.69) is 25.3 Å². The third kappa shape index (κ3) is 2.47. The summed E-state index contributed by atoms with van der Waals surface area (Å²) in [6, 6.07) is 2.20. The number of hydrogen-bond acceptors (Lipinski definition) is 5. The molecule has 4 N–H and O–H groups in total. The van der Waals surface area contributed by atoms with E-state index in [1.54, 1.807) is 13.0 Å². The molecule has 1 fully saturated rings. The number of aromatic amines is 1. The van der Waals surface area contributed by atoms with Crippen molar-refractivity contribution in [1.82, 2.24) is 20.4 Å². The lowest BCUT2D eigenvalue weighted by Gasteiger charge is -2.40. The topological polar surface area (TPSA) is 86.7 Å². The van der Waals surface area contributed by atoms with Gasteiger partial charge in [-0.05, 0) is 7.05 Å². The Labute approximate surface area is 126 Å². The van der Waals surface area contributed by atoms with Crippen molar-refractivity contribution in [2.24, 2.45) is 0 Å². The molecule has 1 saturated heterocycles. The minimum Gasteiger partial charge on any atom is -0.368 e. The molecule has 1 aliphatic heterocycles. The second-order valence-corrected chi connectivity index (χ2v) is 5.28. The van der Waals surface area contributed by atoms with Gasteiger partial charge in [0.05, 0.1) is 17.5 Å². The van der Waals surface area contributed by atoms with E-state index in [-0.39, 0.29) is 5.95 Å². The molecule has 3 rings (SSSR count). The van der Waals surface area contributed by atoms with Crippen LogP contribution < -0.4 is 20.6 Å². The highest BCUT2D eigenvalue weighted by Gasteiger charge is 2.29. The van der Waals surface area contributed by atoms with Gasteiger partial charge in [0.15, 0.2) is 0 Å². The van der Waals surface area contributed by atoms with Crippen LogP contribution in [0.1, 0.15) is 12.2 Å². The quantitative estimate of drug-likeness (QED) is 0.714. The van der Waals surface area contributed by atoms with E-state index < -0.39 is 6.55 Å². The van der Waals surface area contributed by atoms with Crippen LogP contribution in [-0.4, -0.2) is 41.2 Å². The molecule has 0 atom stereocenters. The van der Waals surface area contributed by atoms with E-state index in [4.69, 9.17) is 5.73 Å². The summed E-state index contributed by atoms with van der Waals surface area (Å²) in [4.78, 5) is 10.4. The first kappa shape index (κ1) is 14.6. The Balaban J connectivity index is 1.93. The van der Waals surface area contributed by atoms with Crippen molar-refractivity contribution >= 4 is 11.8 Å². The summed E-state index contributed by atoms with van der Waals surface area (Å²) in [5.74, 6) is 0.836. The SMILES string of the molecule is CNC1CN(c2cc(-c3c[nH][n+](C(F)F)c3C)nc(N)n2)C1. The van der Waals surface area contributed by atoms with E-state index in [0.717, 1.165) is 17.8 Å². The number of nitrogens with one attached hydrogen (secondary N) is 2. The molecule has 118 valence electrons. The lowest BCUT2D eigenvalue weighted by Crippen LogP contribution is -2.57. The zero-order chi connectivity index (χ0) is 15.9. The minimum absolute atomic E-state index is 0.129. The number of hydrogen-bond donors (Lipinski definition) is 3. The number of anilines is 2. The van der Waals surface area contributed by atoms with Gasteiger partial charge < -0.3 is 16.0 Å². The van der Waals surface area contributed by atoms with E-state index in [1.807, 2.05) is 7.05 Å². The Morgan fingerprint density at radius 2 is 2.18 bits per heavy atom. The molecule has 0 saturated carbocycles. The normalized spacial score (nSPS) is 15.4. The van der Waals surface area contributed by atoms with Crippen LogP contribution >= 0.6 is 0 Å². The number of H-pyrrole nitrogens is 1. The van der Waals surface area contributed by atoms with Crippen LogP contribution in [0.2, 0.25) is 0 Å². The maximum Gasteiger partial charge on any atom is 0.472 e. The third-order valence-electron chi connectivity index (χ3n) is 3.91. The molecular weight excluding hydrogens is 292 g/mol. The first-order valence-electron chi connectivity index (χ1n) is 6.94.